The van der Waals surface area contributed by atoms with Gasteiger partial charge in [0.2, 0.25) is 0 Å². The number of rotatable bonds is 5. The minimum atomic E-state index is -5.07. The van der Waals surface area contributed by atoms with Crippen LogP contribution in [0.25, 0.3) is 17.2 Å². The third-order valence-electron chi connectivity index (χ3n) is 6.87. The average molecular weight is 468 g/mol. The van der Waals surface area contributed by atoms with Crippen LogP contribution >= 0.6 is 0 Å². The van der Waals surface area contributed by atoms with Crippen LogP contribution in [-0.2, 0) is 6.42 Å². The Morgan fingerprint density at radius 2 is 1.67 bits per heavy atom. The minimum Gasteiger partial charge on any atom is -0.403 e. The van der Waals surface area contributed by atoms with Crippen molar-refractivity contribution in [1.82, 2.24) is 0 Å². The number of hydrogen-bond donors (Lipinski definition) is 0. The summed E-state index contributed by atoms with van der Waals surface area (Å²) in [5.41, 5.74) is 1.45. The summed E-state index contributed by atoms with van der Waals surface area (Å²) >= 11 is 0. The Morgan fingerprint density at radius 3 is 2.30 bits per heavy atom. The first-order valence-electron chi connectivity index (χ1n) is 11.4. The molecular weight excluding hydrogens is 442 g/mol. The lowest BCUT2D eigenvalue weighted by atomic mass is 9.74. The fourth-order valence-corrected chi connectivity index (χ4v) is 5.28. The molecule has 4 rings (SSSR count). The second kappa shape index (κ2) is 9.43. The summed E-state index contributed by atoms with van der Waals surface area (Å²) in [6.45, 7) is 2.20. The van der Waals surface area contributed by atoms with Gasteiger partial charge in [-0.05, 0) is 85.3 Å². The largest absolute Gasteiger partial charge is 0.573 e. The Bertz CT molecular complexity index is 1050. The van der Waals surface area contributed by atoms with Crippen LogP contribution in [0.4, 0.5) is 26.3 Å². The van der Waals surface area contributed by atoms with Gasteiger partial charge < -0.3 is 4.74 Å². The van der Waals surface area contributed by atoms with Crippen molar-refractivity contribution in [2.45, 2.75) is 64.7 Å². The van der Waals surface area contributed by atoms with E-state index in [-0.39, 0.29) is 5.56 Å². The van der Waals surface area contributed by atoms with Gasteiger partial charge in [0.25, 0.3) is 0 Å². The first-order chi connectivity index (χ1) is 15.7. The van der Waals surface area contributed by atoms with Gasteiger partial charge in [-0.1, -0.05) is 37.5 Å². The molecule has 2 aliphatic carbocycles. The molecular formula is C26H26F6O. The number of alkyl halides is 3. The van der Waals surface area contributed by atoms with Gasteiger partial charge in [0, 0.05) is 0 Å². The number of benzene rings is 2. The summed E-state index contributed by atoms with van der Waals surface area (Å²) < 4.78 is 85.1. The monoisotopic (exact) mass is 468 g/mol. The van der Waals surface area contributed by atoms with Crippen molar-refractivity contribution < 1.29 is 31.1 Å². The summed E-state index contributed by atoms with van der Waals surface area (Å²) in [5, 5.41) is 0. The highest BCUT2D eigenvalue weighted by atomic mass is 19.4. The first kappa shape index (κ1) is 23.7. The third-order valence-corrected chi connectivity index (χ3v) is 6.87. The van der Waals surface area contributed by atoms with E-state index in [1.807, 2.05) is 6.08 Å². The van der Waals surface area contributed by atoms with Crippen molar-refractivity contribution in [2.24, 2.45) is 11.8 Å². The van der Waals surface area contributed by atoms with Gasteiger partial charge in [-0.3, -0.25) is 0 Å². The second-order valence-corrected chi connectivity index (χ2v) is 9.03. The van der Waals surface area contributed by atoms with E-state index in [1.54, 1.807) is 0 Å². The predicted octanol–water partition coefficient (Wildman–Crippen LogP) is 8.61. The summed E-state index contributed by atoms with van der Waals surface area (Å²) in [4.78, 5) is 0. The van der Waals surface area contributed by atoms with Gasteiger partial charge in [-0.15, -0.1) is 13.2 Å². The molecule has 7 heteroatoms. The van der Waals surface area contributed by atoms with E-state index in [2.05, 4.69) is 11.7 Å². The fourth-order valence-electron chi connectivity index (χ4n) is 5.28. The van der Waals surface area contributed by atoms with Gasteiger partial charge in [-0.25, -0.2) is 13.2 Å². The van der Waals surface area contributed by atoms with E-state index in [1.165, 1.54) is 37.3 Å². The summed E-state index contributed by atoms with van der Waals surface area (Å²) in [7, 11) is 0. The van der Waals surface area contributed by atoms with Crippen molar-refractivity contribution in [2.75, 3.05) is 0 Å². The summed E-state index contributed by atoms with van der Waals surface area (Å²) in [5.74, 6) is -2.86. The molecule has 2 aromatic rings. The molecule has 1 fully saturated rings. The lowest BCUT2D eigenvalue weighted by molar-refractivity contribution is -0.275. The zero-order chi connectivity index (χ0) is 23.8. The molecule has 0 bridgehead atoms. The van der Waals surface area contributed by atoms with Crippen LogP contribution in [0.1, 0.15) is 63.0 Å². The molecule has 33 heavy (non-hydrogen) atoms. The number of halogens is 6. The minimum absolute atomic E-state index is 0.177. The van der Waals surface area contributed by atoms with Crippen LogP contribution in [0, 0.1) is 29.3 Å². The zero-order valence-electron chi connectivity index (χ0n) is 18.4. The predicted molar refractivity (Wildman–Crippen MR) is 115 cm³/mol. The molecule has 2 aromatic carbocycles. The average Bonchev–Trinajstić information content (AvgIpc) is 2.75. The van der Waals surface area contributed by atoms with E-state index >= 15 is 4.39 Å². The molecule has 0 spiro atoms. The van der Waals surface area contributed by atoms with Crippen molar-refractivity contribution in [1.29, 1.82) is 0 Å². The molecule has 0 aromatic heterocycles. The molecule has 0 radical (unpaired) electrons. The van der Waals surface area contributed by atoms with Gasteiger partial charge in [0.05, 0.1) is 5.56 Å². The third kappa shape index (κ3) is 5.22. The van der Waals surface area contributed by atoms with E-state index in [9.17, 15) is 22.0 Å². The Labute approximate surface area is 189 Å². The molecule has 0 unspecified atom stereocenters. The summed E-state index contributed by atoms with van der Waals surface area (Å²) in [6.07, 6.45) is 4.92. The van der Waals surface area contributed by atoms with Crippen molar-refractivity contribution in [3.8, 4) is 16.9 Å². The van der Waals surface area contributed by atoms with Crippen LogP contribution in [-0.4, -0.2) is 6.36 Å². The van der Waals surface area contributed by atoms with Crippen LogP contribution < -0.4 is 4.74 Å². The lowest BCUT2D eigenvalue weighted by Crippen LogP contribution is -2.18. The van der Waals surface area contributed by atoms with E-state index < -0.39 is 35.1 Å². The summed E-state index contributed by atoms with van der Waals surface area (Å²) in [6, 6.07) is 3.65. The van der Waals surface area contributed by atoms with Crippen molar-refractivity contribution >= 4 is 6.08 Å². The molecule has 0 atom stereocenters. The smallest absolute Gasteiger partial charge is 0.403 e. The number of fused-ring (bicyclic) bond motifs is 1. The van der Waals surface area contributed by atoms with Gasteiger partial charge in [0.15, 0.2) is 11.6 Å². The Morgan fingerprint density at radius 1 is 0.939 bits per heavy atom. The maximum atomic E-state index is 15.3. The highest BCUT2D eigenvalue weighted by Gasteiger charge is 2.33. The first-order valence-corrected chi connectivity index (χ1v) is 11.4. The molecule has 0 saturated heterocycles. The van der Waals surface area contributed by atoms with Crippen molar-refractivity contribution in [3.63, 3.8) is 0 Å². The maximum absolute atomic E-state index is 15.3. The van der Waals surface area contributed by atoms with Gasteiger partial charge in [0.1, 0.15) is 11.6 Å². The number of ether oxygens (including phenoxy) is 1. The zero-order valence-corrected chi connectivity index (χ0v) is 18.4. The van der Waals surface area contributed by atoms with Gasteiger partial charge in [-0.2, -0.15) is 0 Å². The quantitative estimate of drug-likeness (QED) is 0.399. The van der Waals surface area contributed by atoms with Crippen LogP contribution in [0.3, 0.4) is 0 Å². The highest BCUT2D eigenvalue weighted by molar-refractivity contribution is 5.72. The number of allylic oxidation sites excluding steroid dienone is 1. The van der Waals surface area contributed by atoms with Gasteiger partial charge >= 0.3 is 6.36 Å². The van der Waals surface area contributed by atoms with E-state index in [0.717, 1.165) is 30.9 Å². The Hall–Kier alpha value is -2.44. The van der Waals surface area contributed by atoms with E-state index in [4.69, 9.17) is 0 Å². The molecule has 178 valence electrons. The molecule has 0 aliphatic heterocycles. The highest BCUT2D eigenvalue weighted by Crippen LogP contribution is 2.42. The lowest BCUT2D eigenvalue weighted by Gasteiger charge is -2.32. The fraction of sp³-hybridized carbons (Fsp3) is 0.462. The SMILES string of the molecule is CCCC1CCC(C2=Cc3cc(F)c(-c4ccc(OC(F)(F)F)c(F)c4)c(F)c3CC2)CC1. The standard InChI is InChI=1S/C26H26F6O/c1-2-3-15-4-6-16(7-5-15)17-8-10-20-19(12-17)14-22(28)24(25(20)29)18-9-11-23(21(27)13-18)33-26(30,31)32/h9,11-16H,2-8,10H2,1H3. The Kier molecular flexibility index (Phi) is 6.78. The van der Waals surface area contributed by atoms with Crippen LogP contribution in [0.15, 0.2) is 29.8 Å². The molecule has 0 heterocycles. The van der Waals surface area contributed by atoms with Crippen LogP contribution in [0.2, 0.25) is 0 Å². The second-order valence-electron chi connectivity index (χ2n) is 9.03. The maximum Gasteiger partial charge on any atom is 0.573 e. The number of hydrogen-bond acceptors (Lipinski definition) is 1. The Balaban J connectivity index is 1.60. The normalized spacial score (nSPS) is 20.9. The van der Waals surface area contributed by atoms with E-state index in [0.29, 0.717) is 36.0 Å². The molecule has 1 saturated carbocycles. The van der Waals surface area contributed by atoms with Crippen LogP contribution in [0.5, 0.6) is 5.75 Å². The van der Waals surface area contributed by atoms with Crippen molar-refractivity contribution in [3.05, 3.63) is 58.4 Å². The molecule has 0 N–H and O–H groups in total. The molecule has 1 nitrogen and oxygen atoms in total. The topological polar surface area (TPSA) is 9.23 Å². The molecule has 0 amide bonds. The molecule has 2 aliphatic rings.